The van der Waals surface area contributed by atoms with Gasteiger partial charge < -0.3 is 15.4 Å². The SMILES string of the molecule is CN=C(NC(C)c1ccccc1Br)NC1C2CCOC2C1(C)C. The summed E-state index contributed by atoms with van der Waals surface area (Å²) in [5.74, 6) is 1.46. The Morgan fingerprint density at radius 1 is 1.39 bits per heavy atom. The molecular formula is C18H26BrN3O. The number of guanidine groups is 1. The number of halogens is 1. The zero-order chi connectivity index (χ0) is 16.6. The lowest BCUT2D eigenvalue weighted by molar-refractivity contribution is -0.106. The number of hydrogen-bond acceptors (Lipinski definition) is 2. The van der Waals surface area contributed by atoms with Gasteiger partial charge in [0.25, 0.3) is 0 Å². The third-order valence-corrected chi connectivity index (χ3v) is 6.06. The molecule has 126 valence electrons. The number of fused-ring (bicyclic) bond motifs is 1. The summed E-state index contributed by atoms with van der Waals surface area (Å²) in [6.07, 6.45) is 1.53. The fraction of sp³-hybridized carbons (Fsp3) is 0.611. The minimum atomic E-state index is 0.148. The normalized spacial score (nSPS) is 30.3. The van der Waals surface area contributed by atoms with Gasteiger partial charge in [-0.2, -0.15) is 0 Å². The lowest BCUT2D eigenvalue weighted by atomic mass is 9.57. The highest BCUT2D eigenvalue weighted by Gasteiger charge is 2.59. The third-order valence-electron chi connectivity index (χ3n) is 5.34. The van der Waals surface area contributed by atoms with Gasteiger partial charge in [-0.05, 0) is 25.0 Å². The van der Waals surface area contributed by atoms with E-state index in [1.807, 2.05) is 13.1 Å². The molecule has 4 unspecified atom stereocenters. The lowest BCUT2D eigenvalue weighted by Crippen LogP contribution is -2.68. The van der Waals surface area contributed by atoms with Crippen LogP contribution in [0.4, 0.5) is 0 Å². The molecule has 1 aromatic rings. The van der Waals surface area contributed by atoms with Crippen molar-refractivity contribution in [2.45, 2.75) is 45.4 Å². The molecule has 0 amide bonds. The van der Waals surface area contributed by atoms with Crippen LogP contribution in [-0.2, 0) is 4.74 Å². The van der Waals surface area contributed by atoms with Gasteiger partial charge in [-0.3, -0.25) is 4.99 Å². The smallest absolute Gasteiger partial charge is 0.191 e. The summed E-state index contributed by atoms with van der Waals surface area (Å²) in [7, 11) is 1.83. The second-order valence-electron chi connectivity index (χ2n) is 7.15. The molecule has 5 heteroatoms. The van der Waals surface area contributed by atoms with E-state index in [-0.39, 0.29) is 11.5 Å². The number of nitrogens with zero attached hydrogens (tertiary/aromatic N) is 1. The van der Waals surface area contributed by atoms with Gasteiger partial charge in [0, 0.05) is 35.5 Å². The van der Waals surface area contributed by atoms with Gasteiger partial charge in [0.15, 0.2) is 5.96 Å². The average Bonchev–Trinajstić information content (AvgIpc) is 2.98. The summed E-state index contributed by atoms with van der Waals surface area (Å²) in [6.45, 7) is 7.60. The van der Waals surface area contributed by atoms with E-state index < -0.39 is 0 Å². The Balaban J connectivity index is 1.66. The van der Waals surface area contributed by atoms with E-state index in [1.165, 1.54) is 5.56 Å². The van der Waals surface area contributed by atoms with Crippen LogP contribution in [-0.4, -0.2) is 31.8 Å². The Labute approximate surface area is 147 Å². The monoisotopic (exact) mass is 379 g/mol. The van der Waals surface area contributed by atoms with Crippen LogP contribution in [0.5, 0.6) is 0 Å². The van der Waals surface area contributed by atoms with E-state index in [9.17, 15) is 0 Å². The van der Waals surface area contributed by atoms with Crippen molar-refractivity contribution in [2.24, 2.45) is 16.3 Å². The second kappa shape index (κ2) is 6.44. The molecule has 1 saturated carbocycles. The zero-order valence-electron chi connectivity index (χ0n) is 14.3. The summed E-state index contributed by atoms with van der Waals surface area (Å²) in [6, 6.07) is 8.87. The van der Waals surface area contributed by atoms with Crippen LogP contribution in [0.1, 0.15) is 38.8 Å². The molecular weight excluding hydrogens is 354 g/mol. The van der Waals surface area contributed by atoms with Gasteiger partial charge in [0.2, 0.25) is 0 Å². The van der Waals surface area contributed by atoms with Crippen molar-refractivity contribution >= 4 is 21.9 Å². The van der Waals surface area contributed by atoms with Gasteiger partial charge >= 0.3 is 0 Å². The second-order valence-corrected chi connectivity index (χ2v) is 8.00. The molecule has 1 saturated heterocycles. The fourth-order valence-corrected chi connectivity index (χ4v) is 4.67. The van der Waals surface area contributed by atoms with Crippen molar-refractivity contribution in [3.63, 3.8) is 0 Å². The van der Waals surface area contributed by atoms with Crippen LogP contribution in [0.3, 0.4) is 0 Å². The zero-order valence-corrected chi connectivity index (χ0v) is 15.9. The Hall–Kier alpha value is -1.07. The molecule has 1 aliphatic carbocycles. The number of nitrogens with one attached hydrogen (secondary N) is 2. The van der Waals surface area contributed by atoms with Crippen LogP contribution in [0.15, 0.2) is 33.7 Å². The molecule has 2 N–H and O–H groups in total. The van der Waals surface area contributed by atoms with Gasteiger partial charge in [-0.15, -0.1) is 0 Å². The predicted octanol–water partition coefficient (Wildman–Crippen LogP) is 3.49. The first-order chi connectivity index (χ1) is 10.9. The van der Waals surface area contributed by atoms with Crippen LogP contribution in [0.2, 0.25) is 0 Å². The first kappa shape index (κ1) is 16.8. The summed E-state index contributed by atoms with van der Waals surface area (Å²) >= 11 is 3.62. The summed E-state index contributed by atoms with van der Waals surface area (Å²) < 4.78 is 6.99. The molecule has 0 aromatic heterocycles. The van der Waals surface area contributed by atoms with Crippen molar-refractivity contribution in [1.29, 1.82) is 0 Å². The first-order valence-electron chi connectivity index (χ1n) is 8.31. The highest BCUT2D eigenvalue weighted by atomic mass is 79.9. The number of rotatable bonds is 3. The molecule has 2 fully saturated rings. The Bertz CT molecular complexity index is 602. The van der Waals surface area contributed by atoms with E-state index in [0.29, 0.717) is 18.1 Å². The number of hydrogen-bond donors (Lipinski definition) is 2. The van der Waals surface area contributed by atoms with Crippen molar-refractivity contribution in [2.75, 3.05) is 13.7 Å². The highest BCUT2D eigenvalue weighted by molar-refractivity contribution is 9.10. The van der Waals surface area contributed by atoms with E-state index in [0.717, 1.165) is 23.5 Å². The quantitative estimate of drug-likeness (QED) is 0.623. The molecule has 3 rings (SSSR count). The molecule has 1 heterocycles. The maximum absolute atomic E-state index is 5.87. The van der Waals surface area contributed by atoms with Crippen molar-refractivity contribution in [3.8, 4) is 0 Å². The van der Waals surface area contributed by atoms with E-state index in [4.69, 9.17) is 4.74 Å². The Morgan fingerprint density at radius 3 is 2.83 bits per heavy atom. The number of aliphatic imine (C=N–C) groups is 1. The molecule has 2 aliphatic rings. The van der Waals surface area contributed by atoms with Crippen LogP contribution in [0, 0.1) is 11.3 Å². The highest BCUT2D eigenvalue weighted by Crippen LogP contribution is 2.52. The van der Waals surface area contributed by atoms with Gasteiger partial charge in [-0.25, -0.2) is 0 Å². The largest absolute Gasteiger partial charge is 0.377 e. The average molecular weight is 380 g/mol. The topological polar surface area (TPSA) is 45.7 Å². The molecule has 1 aliphatic heterocycles. The van der Waals surface area contributed by atoms with E-state index in [2.05, 4.69) is 70.5 Å². The van der Waals surface area contributed by atoms with Crippen LogP contribution >= 0.6 is 15.9 Å². The van der Waals surface area contributed by atoms with Crippen LogP contribution < -0.4 is 10.6 Å². The van der Waals surface area contributed by atoms with Crippen molar-refractivity contribution in [1.82, 2.24) is 10.6 Å². The lowest BCUT2D eigenvalue weighted by Gasteiger charge is -2.55. The number of ether oxygens (including phenoxy) is 1. The van der Waals surface area contributed by atoms with E-state index >= 15 is 0 Å². The summed E-state index contributed by atoms with van der Waals surface area (Å²) in [4.78, 5) is 4.42. The first-order valence-corrected chi connectivity index (χ1v) is 9.10. The van der Waals surface area contributed by atoms with Gasteiger partial charge in [-0.1, -0.05) is 48.0 Å². The van der Waals surface area contributed by atoms with Gasteiger partial charge in [0.1, 0.15) is 0 Å². The summed E-state index contributed by atoms with van der Waals surface area (Å²) in [5.41, 5.74) is 1.38. The molecule has 0 bridgehead atoms. The Kier molecular flexibility index (Phi) is 4.70. The molecule has 0 spiro atoms. The Morgan fingerprint density at radius 2 is 2.13 bits per heavy atom. The van der Waals surface area contributed by atoms with E-state index in [1.54, 1.807) is 0 Å². The third kappa shape index (κ3) is 3.01. The molecule has 23 heavy (non-hydrogen) atoms. The fourth-order valence-electron chi connectivity index (χ4n) is 4.04. The maximum atomic E-state index is 5.87. The van der Waals surface area contributed by atoms with Crippen molar-refractivity contribution in [3.05, 3.63) is 34.3 Å². The standard InChI is InChI=1S/C18H26BrN3O/c1-11(12-7-5-6-8-14(12)19)21-17(20-4)22-15-13-9-10-23-16(13)18(15,2)3/h5-8,11,13,15-16H,9-10H2,1-4H3,(H2,20,21,22). The minimum Gasteiger partial charge on any atom is -0.377 e. The maximum Gasteiger partial charge on any atom is 0.191 e. The van der Waals surface area contributed by atoms with Crippen molar-refractivity contribution < 1.29 is 4.74 Å². The number of benzene rings is 1. The molecule has 0 radical (unpaired) electrons. The summed E-state index contributed by atoms with van der Waals surface area (Å²) in [5, 5.41) is 7.14. The predicted molar refractivity (Wildman–Crippen MR) is 97.6 cm³/mol. The minimum absolute atomic E-state index is 0.148. The van der Waals surface area contributed by atoms with Crippen LogP contribution in [0.25, 0.3) is 0 Å². The van der Waals surface area contributed by atoms with Gasteiger partial charge in [0.05, 0.1) is 12.1 Å². The molecule has 4 atom stereocenters. The molecule has 4 nitrogen and oxygen atoms in total. The molecule has 1 aromatic carbocycles.